The van der Waals surface area contributed by atoms with Crippen molar-refractivity contribution in [3.8, 4) is 147 Å². The van der Waals surface area contributed by atoms with Gasteiger partial charge in [0.25, 0.3) is 0 Å². The first-order chi connectivity index (χ1) is 72.7. The molecule has 0 fully saturated rings. The molecule has 0 unspecified atom stereocenters. The topological polar surface area (TPSA) is 185 Å². The Bertz CT molecular complexity index is 9760. The molecule has 28 rings (SSSR count). The molecular formula is C130H84N15OP. The number of rotatable bonds is 16. The Balaban J connectivity index is 0.000000112. The Labute approximate surface area is 844 Å². The highest BCUT2D eigenvalue weighted by molar-refractivity contribution is 7.85. The van der Waals surface area contributed by atoms with Crippen LogP contribution in [0.15, 0.2) is 510 Å². The summed E-state index contributed by atoms with van der Waals surface area (Å²) in [6, 6.07) is 167. The highest BCUT2D eigenvalue weighted by Gasteiger charge is 2.31. The predicted octanol–water partition coefficient (Wildman–Crippen LogP) is 29.9. The van der Waals surface area contributed by atoms with E-state index < -0.39 is 7.14 Å². The molecule has 17 aromatic carbocycles. The van der Waals surface area contributed by atoms with E-state index in [2.05, 4.69) is 320 Å². The van der Waals surface area contributed by atoms with Gasteiger partial charge in [0.1, 0.15) is 33.5 Å². The largest absolute Gasteiger partial charge is 0.309 e. The first kappa shape index (κ1) is 87.6. The zero-order chi connectivity index (χ0) is 97.7. The average molecular weight is 1900 g/mol. The Morgan fingerprint density at radius 3 is 0.680 bits per heavy atom. The molecule has 0 atom stereocenters. The number of imidazole rings is 3. The molecule has 17 heteroatoms. The molecule has 0 N–H and O–H groups in total. The van der Waals surface area contributed by atoms with Gasteiger partial charge in [0.05, 0.1) is 17.1 Å². The van der Waals surface area contributed by atoms with Crippen LogP contribution in [0.5, 0.6) is 0 Å². The van der Waals surface area contributed by atoms with Gasteiger partial charge < -0.3 is 4.57 Å². The number of nitrogens with zero attached hydrogens (tertiary/aromatic N) is 15. The molecule has 0 aliphatic heterocycles. The van der Waals surface area contributed by atoms with Crippen LogP contribution in [0.1, 0.15) is 0 Å². The molecule has 0 spiro atoms. The second kappa shape index (κ2) is 37.7. The quantitative estimate of drug-likeness (QED) is 0.0833. The van der Waals surface area contributed by atoms with Gasteiger partial charge in [-0.2, -0.15) is 0 Å². The summed E-state index contributed by atoms with van der Waals surface area (Å²) in [5.74, 6) is 3.71. The van der Waals surface area contributed by atoms with Crippen LogP contribution in [-0.2, 0) is 4.57 Å². The lowest BCUT2D eigenvalue weighted by Gasteiger charge is -2.20. The van der Waals surface area contributed by atoms with E-state index in [1.54, 1.807) is 0 Å². The van der Waals surface area contributed by atoms with Gasteiger partial charge >= 0.3 is 0 Å². The minimum absolute atomic E-state index is 0.603. The molecule has 0 aliphatic carbocycles. The summed E-state index contributed by atoms with van der Waals surface area (Å²) in [7, 11) is -3.04. The molecule has 0 aliphatic rings. The second-order valence-electron chi connectivity index (χ2n) is 36.2. The fraction of sp³-hybridized carbons (Fsp3) is 0. The predicted molar refractivity (Wildman–Crippen MR) is 598 cm³/mol. The molecule has 11 aromatic heterocycles. The summed E-state index contributed by atoms with van der Waals surface area (Å²) in [4.78, 5) is 60.1. The van der Waals surface area contributed by atoms with E-state index in [0.717, 1.165) is 216 Å². The van der Waals surface area contributed by atoms with Gasteiger partial charge in [-0.05, 0) is 104 Å². The van der Waals surface area contributed by atoms with Crippen molar-refractivity contribution in [2.24, 2.45) is 0 Å². The van der Waals surface area contributed by atoms with Gasteiger partial charge in [-0.3, -0.25) is 13.2 Å². The van der Waals surface area contributed by atoms with E-state index >= 15 is 0 Å². The van der Waals surface area contributed by atoms with Gasteiger partial charge in [0, 0.05) is 117 Å². The summed E-state index contributed by atoms with van der Waals surface area (Å²) >= 11 is 0. The van der Waals surface area contributed by atoms with Crippen molar-refractivity contribution in [2.45, 2.75) is 0 Å². The first-order valence-electron chi connectivity index (χ1n) is 48.8. The van der Waals surface area contributed by atoms with E-state index in [4.69, 9.17) is 59.8 Å². The maximum atomic E-state index is 14.9. The highest BCUT2D eigenvalue weighted by Crippen LogP contribution is 2.45. The standard InChI is InChI=1S/C47H30N6.C42H28N3OP.C41H26N6/c1-3-11-31(12-4-1)33-18-24-36(25-19-33)44-50-45(37-26-20-34(21-27-37)32-13-5-2-6-14-32)52-46(51-44)38-28-22-35(23-29-38)42-39-15-7-8-16-40(39)43-47(49-42)53-30-10-9-17-41(53)48-43;46-47(34-11-3-1-4-12-34,35-13-5-2-6-14-35)36-25-24-32-27-31(22-23-33(32)28-36)29-18-20-30(21-19-29)40-37-15-7-8-16-38(37)41-42(44-40)45-26-10-9-17-39(45)43-41;1-3-11-27(12-4-1)28-18-22-31(23-19-28)39-44-38(30-13-5-2-6-14-30)45-40(46-39)32-24-20-29(21-25-32)36-33-15-7-8-16-34(33)37-41(43-36)47-26-10-9-17-35(47)42-37/h1-30H;1-28H;1-26H. The lowest BCUT2D eigenvalue weighted by molar-refractivity contribution is 0.592. The van der Waals surface area contributed by atoms with Crippen molar-refractivity contribution in [2.75, 3.05) is 0 Å². The van der Waals surface area contributed by atoms with Crippen LogP contribution in [-0.4, -0.2) is 73.0 Å². The molecule has 28 aromatic rings. The highest BCUT2D eigenvalue weighted by atomic mass is 31.2. The van der Waals surface area contributed by atoms with Crippen molar-refractivity contribution < 1.29 is 4.57 Å². The minimum atomic E-state index is -3.04. The Hall–Kier alpha value is -19.7. The fourth-order valence-corrected chi connectivity index (χ4v) is 22.5. The van der Waals surface area contributed by atoms with Gasteiger partial charge in [0.2, 0.25) is 0 Å². The molecule has 0 saturated heterocycles. The molecule has 11 heterocycles. The second-order valence-corrected chi connectivity index (χ2v) is 39.0. The zero-order valence-corrected chi connectivity index (χ0v) is 80.0. The van der Waals surface area contributed by atoms with Crippen LogP contribution in [0.4, 0.5) is 0 Å². The molecular weight excluding hydrogens is 1820 g/mol. The number of aromatic nitrogens is 15. The number of hydrogen-bond acceptors (Lipinski definition) is 13. The van der Waals surface area contributed by atoms with E-state index in [1.165, 1.54) is 5.56 Å². The van der Waals surface area contributed by atoms with Crippen LogP contribution in [0.25, 0.3) is 240 Å². The fourth-order valence-electron chi connectivity index (χ4n) is 19.8. The third-order valence-corrected chi connectivity index (χ3v) is 30.3. The van der Waals surface area contributed by atoms with Gasteiger partial charge in [-0.15, -0.1) is 0 Å². The minimum Gasteiger partial charge on any atom is -0.309 e. The molecule has 147 heavy (non-hydrogen) atoms. The lowest BCUT2D eigenvalue weighted by Crippen LogP contribution is -2.24. The maximum Gasteiger partial charge on any atom is 0.171 e. The van der Waals surface area contributed by atoms with E-state index in [0.29, 0.717) is 34.9 Å². The Kier molecular flexibility index (Phi) is 22.5. The van der Waals surface area contributed by atoms with Crippen molar-refractivity contribution >= 4 is 117 Å². The summed E-state index contributed by atoms with van der Waals surface area (Å²) in [5, 5.41) is 11.1. The molecule has 16 nitrogen and oxygen atoms in total. The third-order valence-electron chi connectivity index (χ3n) is 27.3. The molecule has 0 amide bonds. The van der Waals surface area contributed by atoms with Crippen LogP contribution < -0.4 is 15.9 Å². The maximum absolute atomic E-state index is 14.9. The molecule has 0 radical (unpaired) electrons. The van der Waals surface area contributed by atoms with Crippen molar-refractivity contribution in [1.29, 1.82) is 0 Å². The monoisotopic (exact) mass is 1900 g/mol. The van der Waals surface area contributed by atoms with E-state index in [1.807, 2.05) is 203 Å². The van der Waals surface area contributed by atoms with Crippen LogP contribution in [0.2, 0.25) is 0 Å². The number of hydrogen-bond donors (Lipinski definition) is 0. The van der Waals surface area contributed by atoms with Crippen LogP contribution in [0, 0.1) is 0 Å². The molecule has 0 saturated carbocycles. The summed E-state index contributed by atoms with van der Waals surface area (Å²) in [5.41, 5.74) is 28.4. The zero-order valence-electron chi connectivity index (χ0n) is 79.1. The van der Waals surface area contributed by atoms with Gasteiger partial charge in [0.15, 0.2) is 59.0 Å². The van der Waals surface area contributed by atoms with Crippen molar-refractivity contribution in [3.05, 3.63) is 510 Å². The molecule has 0 bridgehead atoms. The van der Waals surface area contributed by atoms with Crippen molar-refractivity contribution in [3.63, 3.8) is 0 Å². The van der Waals surface area contributed by atoms with E-state index in [9.17, 15) is 4.57 Å². The number of fused-ring (bicyclic) bond motifs is 16. The molecule has 690 valence electrons. The number of pyridine rings is 6. The summed E-state index contributed by atoms with van der Waals surface area (Å²) < 4.78 is 21.0. The third kappa shape index (κ3) is 16.7. The van der Waals surface area contributed by atoms with E-state index in [-0.39, 0.29) is 0 Å². The normalized spacial score (nSPS) is 11.6. The smallest absolute Gasteiger partial charge is 0.171 e. The van der Waals surface area contributed by atoms with Crippen LogP contribution in [0.3, 0.4) is 0 Å². The average Bonchev–Trinajstić information content (AvgIpc) is 1.62. The number of benzene rings is 17. The van der Waals surface area contributed by atoms with Gasteiger partial charge in [-0.25, -0.2) is 59.8 Å². The SMILES string of the molecule is O=P(c1ccccc1)(c1ccccc1)c1ccc2cc(-c3ccc(-c4nc5c(nc6ccccn65)c5ccccc45)cc3)ccc2c1.c1ccc(-c2ccc(-c3nc(-c4ccc(-c5ccccc5)cc4)nc(-c4ccc(-c5nc6c(nc7ccccn76)c6ccccc56)cc4)n3)cc2)cc1.c1ccc(-c2ccc(-c3nc(-c4ccccc4)nc(-c4ccc(-c5nc6c(nc7ccccn76)c6ccccc56)cc4)n3)cc2)cc1. The first-order valence-corrected chi connectivity index (χ1v) is 50.5. The van der Waals surface area contributed by atoms with Gasteiger partial charge in [-0.1, -0.05) is 443 Å². The summed E-state index contributed by atoms with van der Waals surface area (Å²) in [6.07, 6.45) is 6.04. The summed E-state index contributed by atoms with van der Waals surface area (Å²) in [6.45, 7) is 0. The van der Waals surface area contributed by atoms with Crippen molar-refractivity contribution in [1.82, 2.24) is 73.0 Å². The Morgan fingerprint density at radius 1 is 0.156 bits per heavy atom. The Morgan fingerprint density at radius 2 is 0.374 bits per heavy atom. The van der Waals surface area contributed by atoms with Crippen LogP contribution >= 0.6 is 7.14 Å². The lowest BCUT2D eigenvalue weighted by atomic mass is 9.98.